The average molecular weight is 436 g/mol. The summed E-state index contributed by atoms with van der Waals surface area (Å²) in [5, 5.41) is 10.8. The van der Waals surface area contributed by atoms with Gasteiger partial charge in [0.1, 0.15) is 15.7 Å². The van der Waals surface area contributed by atoms with Gasteiger partial charge in [0.2, 0.25) is 0 Å². The molecule has 24 heavy (non-hydrogen) atoms. The Morgan fingerprint density at radius 1 is 1.29 bits per heavy atom. The highest BCUT2D eigenvalue weighted by atomic mass is 79.9. The second-order valence-electron chi connectivity index (χ2n) is 4.55. The van der Waals surface area contributed by atoms with E-state index in [1.807, 2.05) is 0 Å². The summed E-state index contributed by atoms with van der Waals surface area (Å²) in [6.07, 6.45) is 0. The summed E-state index contributed by atoms with van der Waals surface area (Å²) in [6, 6.07) is 8.20. The van der Waals surface area contributed by atoms with Crippen molar-refractivity contribution in [2.75, 3.05) is 11.3 Å². The van der Waals surface area contributed by atoms with Crippen LogP contribution in [0.15, 0.2) is 45.8 Å². The Hall–Kier alpha value is -1.84. The molecule has 2 rings (SSSR count). The van der Waals surface area contributed by atoms with Crippen LogP contribution < -0.4 is 9.46 Å². The average Bonchev–Trinajstić information content (AvgIpc) is 2.50. The largest absolute Gasteiger partial charge is 0.492 e. The summed E-state index contributed by atoms with van der Waals surface area (Å²) in [7, 11) is -4.01. The first-order valence-corrected chi connectivity index (χ1v) is 9.29. The lowest BCUT2D eigenvalue weighted by Gasteiger charge is -2.13. The number of nitro benzene ring substituents is 1. The van der Waals surface area contributed by atoms with Crippen molar-refractivity contribution >= 4 is 48.9 Å². The summed E-state index contributed by atoms with van der Waals surface area (Å²) in [4.78, 5) is 10.1. The van der Waals surface area contributed by atoms with Crippen LogP contribution in [0.5, 0.6) is 5.75 Å². The van der Waals surface area contributed by atoms with E-state index >= 15 is 0 Å². The van der Waals surface area contributed by atoms with Crippen LogP contribution in [0.25, 0.3) is 0 Å². The summed E-state index contributed by atoms with van der Waals surface area (Å²) in [5.41, 5.74) is -0.371. The Balaban J connectivity index is 2.44. The highest BCUT2D eigenvalue weighted by Gasteiger charge is 2.22. The number of rotatable bonds is 6. The van der Waals surface area contributed by atoms with Crippen molar-refractivity contribution in [1.82, 2.24) is 0 Å². The fraction of sp³-hybridized carbons (Fsp3) is 0.143. The molecule has 0 saturated heterocycles. The van der Waals surface area contributed by atoms with Gasteiger partial charge in [0.25, 0.3) is 15.7 Å². The number of nitro groups is 1. The first kappa shape index (κ1) is 18.5. The summed E-state index contributed by atoms with van der Waals surface area (Å²) in [6.45, 7) is 2.02. The summed E-state index contributed by atoms with van der Waals surface area (Å²) >= 11 is 8.93. The van der Waals surface area contributed by atoms with Gasteiger partial charge in [-0.2, -0.15) is 0 Å². The maximum Gasteiger partial charge on any atom is 0.289 e. The Labute approximate surface area is 151 Å². The van der Waals surface area contributed by atoms with Crippen LogP contribution in [0, 0.1) is 10.1 Å². The number of nitrogens with one attached hydrogen (secondary N) is 1. The monoisotopic (exact) mass is 434 g/mol. The molecule has 0 unspecified atom stereocenters. The van der Waals surface area contributed by atoms with Crippen LogP contribution in [0.4, 0.5) is 11.4 Å². The predicted octanol–water partition coefficient (Wildman–Crippen LogP) is 4.21. The zero-order valence-corrected chi connectivity index (χ0v) is 15.5. The van der Waals surface area contributed by atoms with Crippen molar-refractivity contribution < 1.29 is 18.1 Å². The maximum atomic E-state index is 12.6. The molecule has 1 N–H and O–H groups in total. The van der Waals surface area contributed by atoms with Gasteiger partial charge in [0.05, 0.1) is 17.2 Å². The van der Waals surface area contributed by atoms with Crippen molar-refractivity contribution in [3.63, 3.8) is 0 Å². The minimum absolute atomic E-state index is 0.0218. The third kappa shape index (κ3) is 4.16. The fourth-order valence-electron chi connectivity index (χ4n) is 1.89. The molecule has 2 aromatic rings. The molecule has 0 heterocycles. The number of hydrogen-bond acceptors (Lipinski definition) is 5. The van der Waals surface area contributed by atoms with Gasteiger partial charge in [0.15, 0.2) is 0 Å². The fourth-order valence-corrected chi connectivity index (χ4v) is 3.81. The van der Waals surface area contributed by atoms with Crippen LogP contribution in [0.2, 0.25) is 5.02 Å². The molecule has 0 aliphatic rings. The topological polar surface area (TPSA) is 98.5 Å². The van der Waals surface area contributed by atoms with E-state index in [-0.39, 0.29) is 28.0 Å². The quantitative estimate of drug-likeness (QED) is 0.541. The number of halogens is 2. The first-order valence-electron chi connectivity index (χ1n) is 6.63. The number of sulfonamides is 1. The van der Waals surface area contributed by atoms with Crippen molar-refractivity contribution in [3.8, 4) is 5.75 Å². The lowest BCUT2D eigenvalue weighted by Crippen LogP contribution is -2.14. The molecule has 0 radical (unpaired) electrons. The molecule has 10 heteroatoms. The SMILES string of the molecule is CCOc1ccc(Br)cc1S(=O)(=O)Nc1ccc(Cl)c([N+](=O)[O-])c1. The van der Waals surface area contributed by atoms with Gasteiger partial charge in [-0.25, -0.2) is 8.42 Å². The van der Waals surface area contributed by atoms with Crippen molar-refractivity contribution in [3.05, 3.63) is 56.0 Å². The first-order chi connectivity index (χ1) is 11.2. The lowest BCUT2D eigenvalue weighted by molar-refractivity contribution is -0.384. The van der Waals surface area contributed by atoms with Crippen molar-refractivity contribution in [2.24, 2.45) is 0 Å². The van der Waals surface area contributed by atoms with E-state index in [0.717, 1.165) is 6.07 Å². The molecule has 0 aliphatic heterocycles. The summed E-state index contributed by atoms with van der Waals surface area (Å²) in [5.74, 6) is 0.177. The van der Waals surface area contributed by atoms with Crippen LogP contribution in [-0.2, 0) is 10.0 Å². The smallest absolute Gasteiger partial charge is 0.289 e. The predicted molar refractivity (Wildman–Crippen MR) is 94.2 cm³/mol. The second-order valence-corrected chi connectivity index (χ2v) is 7.53. The molecular formula is C14H12BrClN2O5S. The molecule has 2 aromatic carbocycles. The molecule has 0 atom stereocenters. The summed E-state index contributed by atoms with van der Waals surface area (Å²) < 4.78 is 33.4. The lowest BCUT2D eigenvalue weighted by atomic mass is 10.3. The molecule has 0 saturated carbocycles. The Morgan fingerprint density at radius 2 is 2.00 bits per heavy atom. The van der Waals surface area contributed by atoms with Gasteiger partial charge in [-0.3, -0.25) is 14.8 Å². The standard InChI is InChI=1S/C14H12BrClN2O5S/c1-2-23-13-6-3-9(15)7-14(13)24(21,22)17-10-4-5-11(16)12(8-10)18(19)20/h3-8,17H,2H2,1H3. The molecule has 0 fully saturated rings. The second kappa shape index (κ2) is 7.37. The molecule has 0 spiro atoms. The Kier molecular flexibility index (Phi) is 5.68. The number of anilines is 1. The van der Waals surface area contributed by atoms with E-state index in [4.69, 9.17) is 16.3 Å². The van der Waals surface area contributed by atoms with Gasteiger partial charge in [-0.15, -0.1) is 0 Å². The Morgan fingerprint density at radius 3 is 2.62 bits per heavy atom. The highest BCUT2D eigenvalue weighted by molar-refractivity contribution is 9.10. The van der Waals surface area contributed by atoms with Crippen LogP contribution in [0.1, 0.15) is 6.92 Å². The number of nitrogens with zero attached hydrogens (tertiary/aromatic N) is 1. The molecule has 0 bridgehead atoms. The third-order valence-corrected chi connectivity index (χ3v) is 5.11. The zero-order valence-electron chi connectivity index (χ0n) is 12.3. The van der Waals surface area contributed by atoms with Gasteiger partial charge in [0, 0.05) is 10.5 Å². The van der Waals surface area contributed by atoms with Gasteiger partial charge >= 0.3 is 0 Å². The van der Waals surface area contributed by atoms with Gasteiger partial charge < -0.3 is 4.74 Å². The van der Waals surface area contributed by atoms with E-state index in [1.165, 1.54) is 24.3 Å². The molecule has 7 nitrogen and oxygen atoms in total. The Bertz CT molecular complexity index is 889. The van der Waals surface area contributed by atoms with Crippen molar-refractivity contribution in [1.29, 1.82) is 0 Å². The van der Waals surface area contributed by atoms with Gasteiger partial charge in [-0.05, 0) is 37.3 Å². The van der Waals surface area contributed by atoms with E-state index in [1.54, 1.807) is 13.0 Å². The molecule has 128 valence electrons. The van der Waals surface area contributed by atoms with E-state index < -0.39 is 20.6 Å². The number of hydrogen-bond donors (Lipinski definition) is 1. The van der Waals surface area contributed by atoms with Crippen molar-refractivity contribution in [2.45, 2.75) is 11.8 Å². The van der Waals surface area contributed by atoms with E-state index in [2.05, 4.69) is 20.7 Å². The van der Waals surface area contributed by atoms with Crippen LogP contribution >= 0.6 is 27.5 Å². The molecule has 0 aliphatic carbocycles. The number of benzene rings is 2. The zero-order chi connectivity index (χ0) is 17.9. The maximum absolute atomic E-state index is 12.6. The minimum atomic E-state index is -4.01. The molecule has 0 amide bonds. The van der Waals surface area contributed by atoms with Crippen LogP contribution in [-0.4, -0.2) is 19.9 Å². The highest BCUT2D eigenvalue weighted by Crippen LogP contribution is 2.32. The van der Waals surface area contributed by atoms with E-state index in [0.29, 0.717) is 4.47 Å². The molecular weight excluding hydrogens is 424 g/mol. The number of ether oxygens (including phenoxy) is 1. The minimum Gasteiger partial charge on any atom is -0.492 e. The molecule has 0 aromatic heterocycles. The normalized spacial score (nSPS) is 11.1. The van der Waals surface area contributed by atoms with Crippen LogP contribution in [0.3, 0.4) is 0 Å². The third-order valence-electron chi connectivity index (χ3n) is 2.89. The van der Waals surface area contributed by atoms with Gasteiger partial charge in [-0.1, -0.05) is 27.5 Å². The van der Waals surface area contributed by atoms with E-state index in [9.17, 15) is 18.5 Å².